The molecule has 0 aromatic carbocycles. The predicted octanol–water partition coefficient (Wildman–Crippen LogP) is 1.63. The molecule has 96 valence electrons. The van der Waals surface area contributed by atoms with E-state index in [9.17, 15) is 0 Å². The smallest absolute Gasteiger partial charge is 0.198 e. The van der Waals surface area contributed by atoms with Gasteiger partial charge in [0, 0.05) is 24.9 Å². The van der Waals surface area contributed by atoms with Crippen LogP contribution >= 0.6 is 0 Å². The van der Waals surface area contributed by atoms with Gasteiger partial charge in [0.2, 0.25) is 0 Å². The molecule has 0 bridgehead atoms. The standard InChI is InChI=1S/C13H23N3O/c1-10(14-2)7-12-9-17-13(15-12)11-5-4-6-16(3)8-11/h9-11,14H,4-8H2,1-3H3. The number of nitrogens with one attached hydrogen (secondary N) is 1. The summed E-state index contributed by atoms with van der Waals surface area (Å²) in [5.41, 5.74) is 1.06. The second kappa shape index (κ2) is 5.65. The normalized spacial score (nSPS) is 23.8. The third-order valence-corrected chi connectivity index (χ3v) is 3.55. The summed E-state index contributed by atoms with van der Waals surface area (Å²) in [6, 6.07) is 0.446. The molecule has 2 rings (SSSR count). The second-order valence-corrected chi connectivity index (χ2v) is 5.17. The third-order valence-electron chi connectivity index (χ3n) is 3.55. The minimum Gasteiger partial charge on any atom is -0.448 e. The van der Waals surface area contributed by atoms with Crippen molar-refractivity contribution in [3.63, 3.8) is 0 Å². The van der Waals surface area contributed by atoms with Crippen LogP contribution < -0.4 is 5.32 Å². The van der Waals surface area contributed by atoms with Crippen LogP contribution in [0.15, 0.2) is 10.7 Å². The van der Waals surface area contributed by atoms with Crippen LogP contribution in [0.3, 0.4) is 0 Å². The fourth-order valence-corrected chi connectivity index (χ4v) is 2.39. The second-order valence-electron chi connectivity index (χ2n) is 5.17. The van der Waals surface area contributed by atoms with E-state index < -0.39 is 0 Å². The Kier molecular flexibility index (Phi) is 4.18. The van der Waals surface area contributed by atoms with Gasteiger partial charge in [0.05, 0.1) is 5.69 Å². The molecule has 1 aliphatic rings. The van der Waals surface area contributed by atoms with Crippen molar-refractivity contribution in [1.29, 1.82) is 0 Å². The van der Waals surface area contributed by atoms with Gasteiger partial charge in [-0.3, -0.25) is 0 Å². The minimum absolute atomic E-state index is 0.446. The Hall–Kier alpha value is -0.870. The van der Waals surface area contributed by atoms with E-state index in [0.717, 1.165) is 24.6 Å². The van der Waals surface area contributed by atoms with Crippen LogP contribution in [0.4, 0.5) is 0 Å². The summed E-state index contributed by atoms with van der Waals surface area (Å²) in [6.45, 7) is 4.42. The number of aromatic nitrogens is 1. The number of hydrogen-bond acceptors (Lipinski definition) is 4. The molecule has 2 heterocycles. The number of likely N-dealkylation sites (N-methyl/N-ethyl adjacent to an activating group) is 2. The Labute approximate surface area is 103 Å². The number of piperidine rings is 1. The van der Waals surface area contributed by atoms with Crippen LogP contribution in [0, 0.1) is 0 Å². The van der Waals surface area contributed by atoms with Gasteiger partial charge in [-0.15, -0.1) is 0 Å². The van der Waals surface area contributed by atoms with E-state index in [-0.39, 0.29) is 0 Å². The first-order valence-electron chi connectivity index (χ1n) is 6.49. The molecule has 2 atom stereocenters. The largest absolute Gasteiger partial charge is 0.448 e. The molecule has 0 radical (unpaired) electrons. The molecule has 0 amide bonds. The lowest BCUT2D eigenvalue weighted by atomic mass is 9.98. The molecule has 1 saturated heterocycles. The van der Waals surface area contributed by atoms with Crippen molar-refractivity contribution in [3.8, 4) is 0 Å². The molecule has 17 heavy (non-hydrogen) atoms. The summed E-state index contributed by atoms with van der Waals surface area (Å²) >= 11 is 0. The Morgan fingerprint density at radius 1 is 1.65 bits per heavy atom. The monoisotopic (exact) mass is 237 g/mol. The highest BCUT2D eigenvalue weighted by molar-refractivity contribution is 5.04. The fraction of sp³-hybridized carbons (Fsp3) is 0.769. The molecule has 1 aromatic heterocycles. The molecule has 4 nitrogen and oxygen atoms in total. The van der Waals surface area contributed by atoms with E-state index in [0.29, 0.717) is 12.0 Å². The lowest BCUT2D eigenvalue weighted by Crippen LogP contribution is -2.31. The summed E-state index contributed by atoms with van der Waals surface area (Å²) in [4.78, 5) is 6.98. The van der Waals surface area contributed by atoms with Gasteiger partial charge in [0.25, 0.3) is 0 Å². The van der Waals surface area contributed by atoms with Crippen molar-refractivity contribution >= 4 is 0 Å². The van der Waals surface area contributed by atoms with Gasteiger partial charge in [-0.05, 0) is 40.4 Å². The quantitative estimate of drug-likeness (QED) is 0.864. The van der Waals surface area contributed by atoms with Gasteiger partial charge in [-0.2, -0.15) is 0 Å². The van der Waals surface area contributed by atoms with Crippen molar-refractivity contribution in [2.75, 3.05) is 27.2 Å². The van der Waals surface area contributed by atoms with Crippen molar-refractivity contribution in [1.82, 2.24) is 15.2 Å². The molecule has 2 unspecified atom stereocenters. The number of nitrogens with zero attached hydrogens (tertiary/aromatic N) is 2. The van der Waals surface area contributed by atoms with Gasteiger partial charge < -0.3 is 14.6 Å². The van der Waals surface area contributed by atoms with Crippen molar-refractivity contribution in [2.24, 2.45) is 0 Å². The number of rotatable bonds is 4. The summed E-state index contributed by atoms with van der Waals surface area (Å²) in [6.07, 6.45) is 5.19. The Bertz CT molecular complexity index is 350. The van der Waals surface area contributed by atoms with E-state index in [1.807, 2.05) is 13.3 Å². The maximum Gasteiger partial charge on any atom is 0.198 e. The maximum absolute atomic E-state index is 5.63. The van der Waals surface area contributed by atoms with Gasteiger partial charge in [-0.25, -0.2) is 4.98 Å². The average Bonchev–Trinajstić information content (AvgIpc) is 2.77. The average molecular weight is 237 g/mol. The fourth-order valence-electron chi connectivity index (χ4n) is 2.39. The van der Waals surface area contributed by atoms with Gasteiger partial charge in [-0.1, -0.05) is 0 Å². The molecule has 0 saturated carbocycles. The first kappa shape index (κ1) is 12.6. The first-order chi connectivity index (χ1) is 8.19. The lowest BCUT2D eigenvalue weighted by molar-refractivity contribution is 0.230. The summed E-state index contributed by atoms with van der Waals surface area (Å²) in [7, 11) is 4.14. The van der Waals surface area contributed by atoms with Crippen LogP contribution in [-0.4, -0.2) is 43.1 Å². The molecule has 0 aliphatic carbocycles. The van der Waals surface area contributed by atoms with Gasteiger partial charge >= 0.3 is 0 Å². The Morgan fingerprint density at radius 2 is 2.47 bits per heavy atom. The molecular weight excluding hydrogens is 214 g/mol. The van der Waals surface area contributed by atoms with Crippen LogP contribution in [0.1, 0.15) is 37.3 Å². The van der Waals surface area contributed by atoms with Crippen molar-refractivity contribution in [2.45, 2.75) is 38.1 Å². The number of oxazole rings is 1. The maximum atomic E-state index is 5.63. The van der Waals surface area contributed by atoms with Crippen molar-refractivity contribution < 1.29 is 4.42 Å². The highest BCUT2D eigenvalue weighted by atomic mass is 16.3. The van der Waals surface area contributed by atoms with E-state index in [1.54, 1.807) is 0 Å². The van der Waals surface area contributed by atoms with Crippen LogP contribution in [0.2, 0.25) is 0 Å². The molecule has 1 aromatic rings. The highest BCUT2D eigenvalue weighted by Crippen LogP contribution is 2.25. The number of likely N-dealkylation sites (tertiary alicyclic amines) is 1. The highest BCUT2D eigenvalue weighted by Gasteiger charge is 2.23. The SMILES string of the molecule is CNC(C)Cc1coc(C2CCCN(C)C2)n1. The summed E-state index contributed by atoms with van der Waals surface area (Å²) in [5, 5.41) is 3.22. The topological polar surface area (TPSA) is 41.3 Å². The molecule has 0 spiro atoms. The van der Waals surface area contributed by atoms with Crippen LogP contribution in [0.5, 0.6) is 0 Å². The Balaban J connectivity index is 1.97. The van der Waals surface area contributed by atoms with Crippen molar-refractivity contribution in [3.05, 3.63) is 17.8 Å². The zero-order valence-electron chi connectivity index (χ0n) is 11.1. The molecular formula is C13H23N3O. The van der Waals surface area contributed by atoms with E-state index in [2.05, 4.69) is 29.2 Å². The lowest BCUT2D eigenvalue weighted by Gasteiger charge is -2.27. The third kappa shape index (κ3) is 3.30. The summed E-state index contributed by atoms with van der Waals surface area (Å²) < 4.78 is 5.63. The predicted molar refractivity (Wildman–Crippen MR) is 68.2 cm³/mol. The zero-order valence-corrected chi connectivity index (χ0v) is 11.1. The van der Waals surface area contributed by atoms with E-state index in [1.165, 1.54) is 19.4 Å². The first-order valence-corrected chi connectivity index (χ1v) is 6.49. The zero-order chi connectivity index (χ0) is 12.3. The molecule has 1 N–H and O–H groups in total. The molecule has 1 fully saturated rings. The van der Waals surface area contributed by atoms with Crippen LogP contribution in [-0.2, 0) is 6.42 Å². The molecule has 1 aliphatic heterocycles. The minimum atomic E-state index is 0.446. The van der Waals surface area contributed by atoms with Gasteiger partial charge in [0.15, 0.2) is 5.89 Å². The number of hydrogen-bond donors (Lipinski definition) is 1. The summed E-state index contributed by atoms with van der Waals surface area (Å²) in [5.74, 6) is 1.40. The Morgan fingerprint density at radius 3 is 3.18 bits per heavy atom. The van der Waals surface area contributed by atoms with Gasteiger partial charge in [0.1, 0.15) is 6.26 Å². The van der Waals surface area contributed by atoms with Crippen LogP contribution in [0.25, 0.3) is 0 Å². The van der Waals surface area contributed by atoms with E-state index >= 15 is 0 Å². The molecule has 4 heteroatoms. The van der Waals surface area contributed by atoms with E-state index in [4.69, 9.17) is 4.42 Å².